The molecule has 1 saturated carbocycles. The van der Waals surface area contributed by atoms with Gasteiger partial charge in [-0.1, -0.05) is 27.7 Å². The molecule has 1 aliphatic carbocycles. The highest BCUT2D eigenvalue weighted by molar-refractivity contribution is 5.84. The van der Waals surface area contributed by atoms with E-state index >= 15 is 0 Å². The fraction of sp³-hybridized carbons (Fsp3) is 0.769. The predicted molar refractivity (Wildman–Crippen MR) is 129 cm³/mol. The highest BCUT2D eigenvalue weighted by Gasteiger charge is 2.50. The number of ether oxygens (including phenoxy) is 1. The first-order valence-electron chi connectivity index (χ1n) is 12.9. The van der Waals surface area contributed by atoms with Crippen LogP contribution in [0.2, 0.25) is 0 Å². The summed E-state index contributed by atoms with van der Waals surface area (Å²) in [6, 6.07) is 2.79. The second kappa shape index (κ2) is 10.2. The zero-order chi connectivity index (χ0) is 25.4. The van der Waals surface area contributed by atoms with Crippen LogP contribution in [0.1, 0.15) is 52.5 Å². The Morgan fingerprint density at radius 2 is 1.83 bits per heavy atom. The Kier molecular flexibility index (Phi) is 7.67. The molecule has 1 amide bonds. The fourth-order valence-electron chi connectivity index (χ4n) is 6.21. The molecule has 9 heteroatoms. The third-order valence-corrected chi connectivity index (χ3v) is 8.46. The number of pyridine rings is 1. The van der Waals surface area contributed by atoms with Gasteiger partial charge in [-0.2, -0.15) is 13.2 Å². The average Bonchev–Trinajstić information content (AvgIpc) is 3.26. The van der Waals surface area contributed by atoms with Crippen LogP contribution in [0, 0.1) is 23.2 Å². The summed E-state index contributed by atoms with van der Waals surface area (Å²) >= 11 is 0. The van der Waals surface area contributed by atoms with Gasteiger partial charge < -0.3 is 19.9 Å². The molecule has 0 bridgehead atoms. The van der Waals surface area contributed by atoms with Crippen molar-refractivity contribution in [3.63, 3.8) is 0 Å². The average molecular weight is 497 g/mol. The molecule has 2 aliphatic heterocycles. The summed E-state index contributed by atoms with van der Waals surface area (Å²) in [5, 5.41) is 3.87. The van der Waals surface area contributed by atoms with E-state index in [0.29, 0.717) is 55.9 Å². The van der Waals surface area contributed by atoms with Gasteiger partial charge in [0.2, 0.25) is 5.91 Å². The Labute approximate surface area is 206 Å². The maximum Gasteiger partial charge on any atom is 0.416 e. The number of nitrogens with one attached hydrogen (secondary N) is 1. The minimum Gasteiger partial charge on any atom is -0.381 e. The second-order valence-corrected chi connectivity index (χ2v) is 11.1. The minimum atomic E-state index is -4.40. The number of rotatable bonds is 5. The van der Waals surface area contributed by atoms with E-state index < -0.39 is 17.2 Å². The first-order chi connectivity index (χ1) is 16.5. The van der Waals surface area contributed by atoms with Crippen molar-refractivity contribution >= 4 is 11.7 Å². The van der Waals surface area contributed by atoms with Crippen LogP contribution in [0.3, 0.4) is 0 Å². The SMILES string of the molecule is CC1COCC(C)C1N[C@H]1CC[C@](C(=O)N2CCN(c3cc(C(F)(F)F)ccn3)CC2)(C(C)C)C1. The fourth-order valence-corrected chi connectivity index (χ4v) is 6.21. The van der Waals surface area contributed by atoms with E-state index in [9.17, 15) is 18.0 Å². The van der Waals surface area contributed by atoms with Crippen LogP contribution in [0.25, 0.3) is 0 Å². The molecule has 35 heavy (non-hydrogen) atoms. The first-order valence-corrected chi connectivity index (χ1v) is 12.9. The van der Waals surface area contributed by atoms with Crippen LogP contribution in [-0.4, -0.2) is 67.3 Å². The monoisotopic (exact) mass is 496 g/mol. The summed E-state index contributed by atoms with van der Waals surface area (Å²) in [6.07, 6.45) is -0.519. The summed E-state index contributed by atoms with van der Waals surface area (Å²) in [7, 11) is 0. The van der Waals surface area contributed by atoms with Gasteiger partial charge in [-0.15, -0.1) is 0 Å². The smallest absolute Gasteiger partial charge is 0.381 e. The van der Waals surface area contributed by atoms with E-state index in [-0.39, 0.29) is 11.8 Å². The van der Waals surface area contributed by atoms with Gasteiger partial charge in [0, 0.05) is 44.5 Å². The maximum atomic E-state index is 13.9. The molecule has 0 radical (unpaired) electrons. The standard InChI is InChI=1S/C26H39F3N4O2/c1-17(2)25(7-5-21(14-25)31-23-18(3)15-35-16-19(23)4)24(34)33-11-9-32(10-12-33)22-13-20(6-8-30-22)26(27,28)29/h6,8,13,17-19,21,23,31H,5,7,9-12,14-16H2,1-4H3/t18?,19?,21-,23?,25+/m0/s1. The van der Waals surface area contributed by atoms with Crippen molar-refractivity contribution in [2.45, 2.75) is 65.2 Å². The number of hydrogen-bond acceptors (Lipinski definition) is 5. The molecular formula is C26H39F3N4O2. The van der Waals surface area contributed by atoms with Gasteiger partial charge in [0.15, 0.2) is 0 Å². The number of halogens is 3. The van der Waals surface area contributed by atoms with Gasteiger partial charge in [-0.25, -0.2) is 4.98 Å². The van der Waals surface area contributed by atoms with Gasteiger partial charge in [-0.3, -0.25) is 4.79 Å². The van der Waals surface area contributed by atoms with Crippen molar-refractivity contribution in [2.75, 3.05) is 44.3 Å². The summed E-state index contributed by atoms with van der Waals surface area (Å²) in [6.45, 7) is 12.2. The summed E-state index contributed by atoms with van der Waals surface area (Å²) < 4.78 is 45.0. The lowest BCUT2D eigenvalue weighted by atomic mass is 9.74. The van der Waals surface area contributed by atoms with E-state index in [2.05, 4.69) is 38.0 Å². The first kappa shape index (κ1) is 26.2. The number of amides is 1. The molecule has 196 valence electrons. The largest absolute Gasteiger partial charge is 0.416 e. The van der Waals surface area contributed by atoms with Gasteiger partial charge >= 0.3 is 6.18 Å². The van der Waals surface area contributed by atoms with Crippen LogP contribution in [0.4, 0.5) is 19.0 Å². The van der Waals surface area contributed by atoms with Crippen molar-refractivity contribution in [3.8, 4) is 0 Å². The van der Waals surface area contributed by atoms with Gasteiger partial charge in [-0.05, 0) is 49.1 Å². The van der Waals surface area contributed by atoms with Crippen LogP contribution in [0.15, 0.2) is 18.3 Å². The summed E-state index contributed by atoms with van der Waals surface area (Å²) in [5.74, 6) is 1.62. The Balaban J connectivity index is 1.39. The molecule has 1 N–H and O–H groups in total. The quantitative estimate of drug-likeness (QED) is 0.662. The van der Waals surface area contributed by atoms with Crippen molar-refractivity contribution in [3.05, 3.63) is 23.9 Å². The molecule has 6 nitrogen and oxygen atoms in total. The summed E-state index contributed by atoms with van der Waals surface area (Å²) in [4.78, 5) is 21.8. The molecular weight excluding hydrogens is 457 g/mol. The van der Waals surface area contributed by atoms with Gasteiger partial charge in [0.1, 0.15) is 5.82 Å². The van der Waals surface area contributed by atoms with Crippen molar-refractivity contribution in [1.29, 1.82) is 0 Å². The molecule has 3 fully saturated rings. The minimum absolute atomic E-state index is 0.196. The second-order valence-electron chi connectivity index (χ2n) is 11.1. The lowest BCUT2D eigenvalue weighted by molar-refractivity contribution is -0.145. The topological polar surface area (TPSA) is 57.7 Å². The van der Waals surface area contributed by atoms with E-state index in [1.165, 1.54) is 6.20 Å². The lowest BCUT2D eigenvalue weighted by Gasteiger charge is -2.42. The predicted octanol–water partition coefficient (Wildman–Crippen LogP) is 4.20. The van der Waals surface area contributed by atoms with Crippen molar-refractivity contribution in [1.82, 2.24) is 15.2 Å². The number of hydrogen-bond donors (Lipinski definition) is 1. The zero-order valence-electron chi connectivity index (χ0n) is 21.3. The van der Waals surface area contributed by atoms with Crippen LogP contribution in [-0.2, 0) is 15.7 Å². The number of alkyl halides is 3. The normalized spacial score (nSPS) is 32.3. The van der Waals surface area contributed by atoms with Crippen LogP contribution >= 0.6 is 0 Å². The van der Waals surface area contributed by atoms with E-state index in [0.717, 1.165) is 44.6 Å². The number of nitrogens with zero attached hydrogens (tertiary/aromatic N) is 3. The molecule has 0 aromatic carbocycles. The molecule has 0 spiro atoms. The molecule has 1 aromatic rings. The van der Waals surface area contributed by atoms with Crippen molar-refractivity contribution in [2.24, 2.45) is 23.2 Å². The maximum absolute atomic E-state index is 13.9. The van der Waals surface area contributed by atoms with Gasteiger partial charge in [0.25, 0.3) is 0 Å². The number of aromatic nitrogens is 1. The van der Waals surface area contributed by atoms with Gasteiger partial charge in [0.05, 0.1) is 24.2 Å². The molecule has 1 aromatic heterocycles. The molecule has 2 unspecified atom stereocenters. The number of carbonyl (C=O) groups excluding carboxylic acids is 1. The Hall–Kier alpha value is -1.87. The van der Waals surface area contributed by atoms with E-state index in [4.69, 9.17) is 4.74 Å². The van der Waals surface area contributed by atoms with Crippen LogP contribution < -0.4 is 10.2 Å². The van der Waals surface area contributed by atoms with E-state index in [1.54, 1.807) is 0 Å². The molecule has 3 aliphatic rings. The Morgan fingerprint density at radius 1 is 1.17 bits per heavy atom. The third-order valence-electron chi connectivity index (χ3n) is 8.46. The molecule has 4 rings (SSSR count). The Morgan fingerprint density at radius 3 is 2.43 bits per heavy atom. The summed E-state index contributed by atoms with van der Waals surface area (Å²) in [5.41, 5.74) is -1.09. The number of piperazine rings is 1. The molecule has 2 saturated heterocycles. The third kappa shape index (κ3) is 5.45. The highest BCUT2D eigenvalue weighted by atomic mass is 19.4. The highest BCUT2D eigenvalue weighted by Crippen LogP contribution is 2.46. The number of carbonyl (C=O) groups is 1. The Bertz CT molecular complexity index is 878. The van der Waals surface area contributed by atoms with Crippen LogP contribution in [0.5, 0.6) is 0 Å². The van der Waals surface area contributed by atoms with E-state index in [1.807, 2.05) is 9.80 Å². The van der Waals surface area contributed by atoms with Crippen molar-refractivity contribution < 1.29 is 22.7 Å². The number of anilines is 1. The molecule has 4 atom stereocenters. The zero-order valence-corrected chi connectivity index (χ0v) is 21.3. The lowest BCUT2D eigenvalue weighted by Crippen LogP contribution is -2.55. The molecule has 3 heterocycles.